The van der Waals surface area contributed by atoms with Crippen LogP contribution in [0, 0.1) is 5.82 Å². The van der Waals surface area contributed by atoms with Gasteiger partial charge in [-0.2, -0.15) is 0 Å². The molecular weight excluding hydrogens is 403 g/mol. The summed E-state index contributed by atoms with van der Waals surface area (Å²) in [5.74, 6) is -0.925. The molecule has 3 rings (SSSR count). The number of halogens is 2. The van der Waals surface area contributed by atoms with Gasteiger partial charge >= 0.3 is 0 Å². The van der Waals surface area contributed by atoms with Crippen LogP contribution >= 0.6 is 11.6 Å². The van der Waals surface area contributed by atoms with Crippen LogP contribution in [0.4, 0.5) is 10.1 Å². The molecule has 28 heavy (non-hydrogen) atoms. The minimum absolute atomic E-state index is 0.0106. The first-order chi connectivity index (χ1) is 13.3. The zero-order chi connectivity index (χ0) is 20.4. The van der Waals surface area contributed by atoms with Gasteiger partial charge in [-0.05, 0) is 43.5 Å². The zero-order valence-corrected chi connectivity index (χ0v) is 17.1. The average Bonchev–Trinajstić information content (AvgIpc) is 2.71. The van der Waals surface area contributed by atoms with Crippen molar-refractivity contribution in [3.63, 3.8) is 0 Å². The Labute approximate surface area is 169 Å². The third-order valence-electron chi connectivity index (χ3n) is 5.27. The maximum atomic E-state index is 14.1. The Bertz CT molecular complexity index is 959. The Kier molecular flexibility index (Phi) is 6.07. The average molecular weight is 425 g/mol. The van der Waals surface area contributed by atoms with E-state index in [0.717, 1.165) is 5.56 Å². The Morgan fingerprint density at radius 3 is 2.43 bits per heavy atom. The van der Waals surface area contributed by atoms with Gasteiger partial charge < -0.3 is 5.32 Å². The fraction of sp³-hybridized carbons (Fsp3) is 0.350. The minimum Gasteiger partial charge on any atom is -0.323 e. The van der Waals surface area contributed by atoms with Gasteiger partial charge in [0.25, 0.3) is 0 Å². The van der Waals surface area contributed by atoms with Gasteiger partial charge in [0.1, 0.15) is 5.82 Å². The Morgan fingerprint density at radius 1 is 1.18 bits per heavy atom. The van der Waals surface area contributed by atoms with Crippen LogP contribution in [0.25, 0.3) is 0 Å². The van der Waals surface area contributed by atoms with E-state index in [0.29, 0.717) is 17.9 Å². The molecule has 2 aromatic rings. The maximum absolute atomic E-state index is 14.1. The van der Waals surface area contributed by atoms with Crippen molar-refractivity contribution in [3.05, 3.63) is 64.9 Å². The summed E-state index contributed by atoms with van der Waals surface area (Å²) in [6.45, 7) is 2.07. The van der Waals surface area contributed by atoms with Gasteiger partial charge in [0.05, 0.1) is 16.9 Å². The summed E-state index contributed by atoms with van der Waals surface area (Å²) in [6, 6.07) is 13.2. The first-order valence-electron chi connectivity index (χ1n) is 9.08. The van der Waals surface area contributed by atoms with Crippen LogP contribution in [-0.2, 0) is 20.2 Å². The lowest BCUT2D eigenvalue weighted by Gasteiger charge is -2.40. The molecule has 0 unspecified atom stereocenters. The third kappa shape index (κ3) is 4.06. The molecule has 0 bridgehead atoms. The van der Waals surface area contributed by atoms with Crippen LogP contribution in [0.15, 0.2) is 48.5 Å². The molecule has 1 fully saturated rings. The monoisotopic (exact) mass is 424 g/mol. The lowest BCUT2D eigenvalue weighted by Crippen LogP contribution is -2.51. The quantitative estimate of drug-likeness (QED) is 0.793. The normalized spacial score (nSPS) is 17.2. The molecule has 1 aliphatic heterocycles. The van der Waals surface area contributed by atoms with E-state index in [4.69, 9.17) is 11.6 Å². The fourth-order valence-electron chi connectivity index (χ4n) is 3.57. The summed E-state index contributed by atoms with van der Waals surface area (Å²) in [7, 11) is -3.33. The highest BCUT2D eigenvalue weighted by molar-refractivity contribution is 7.89. The van der Waals surface area contributed by atoms with Gasteiger partial charge in [-0.1, -0.05) is 41.9 Å². The second kappa shape index (κ2) is 8.19. The van der Waals surface area contributed by atoms with E-state index in [1.54, 1.807) is 6.92 Å². The maximum Gasteiger partial charge on any atom is 0.235 e. The number of hydrogen-bond acceptors (Lipinski definition) is 3. The summed E-state index contributed by atoms with van der Waals surface area (Å²) >= 11 is 5.93. The molecule has 0 aromatic heterocycles. The predicted molar refractivity (Wildman–Crippen MR) is 108 cm³/mol. The lowest BCUT2D eigenvalue weighted by molar-refractivity contribution is -0.123. The van der Waals surface area contributed by atoms with E-state index in [2.05, 4.69) is 5.32 Å². The summed E-state index contributed by atoms with van der Waals surface area (Å²) in [5.41, 5.74) is -0.157. The van der Waals surface area contributed by atoms with Crippen LogP contribution in [0.1, 0.15) is 25.3 Å². The molecule has 1 amide bonds. The molecule has 1 heterocycles. The van der Waals surface area contributed by atoms with Crippen LogP contribution in [0.3, 0.4) is 0 Å². The van der Waals surface area contributed by atoms with E-state index < -0.39 is 21.3 Å². The Balaban J connectivity index is 1.93. The smallest absolute Gasteiger partial charge is 0.235 e. The van der Waals surface area contributed by atoms with Crippen LogP contribution in [-0.4, -0.2) is 37.5 Å². The molecule has 0 aliphatic carbocycles. The molecule has 0 radical (unpaired) electrons. The second-order valence-electron chi connectivity index (χ2n) is 6.83. The van der Waals surface area contributed by atoms with E-state index in [1.165, 1.54) is 22.5 Å². The topological polar surface area (TPSA) is 66.5 Å². The fourth-order valence-corrected chi connectivity index (χ4v) is 4.84. The van der Waals surface area contributed by atoms with E-state index >= 15 is 0 Å². The highest BCUT2D eigenvalue weighted by atomic mass is 35.5. The molecule has 150 valence electrons. The van der Waals surface area contributed by atoms with Crippen molar-refractivity contribution in [2.75, 3.05) is 24.2 Å². The summed E-state index contributed by atoms with van der Waals surface area (Å²) < 4.78 is 40.0. The molecule has 2 aromatic carbocycles. The lowest BCUT2D eigenvalue weighted by atomic mass is 9.72. The van der Waals surface area contributed by atoms with Crippen LogP contribution < -0.4 is 5.32 Å². The highest BCUT2D eigenvalue weighted by Crippen LogP contribution is 2.38. The standard InChI is InChI=1S/C20H22ClFN2O3S/c1-2-28(26,27)24-12-10-20(11-13-24,15-6-4-3-5-7-15)19(25)23-18-14-16(21)8-9-17(18)22/h3-9,14H,2,10-13H2,1H3,(H,23,25). The number of hydrogen-bond donors (Lipinski definition) is 1. The van der Waals surface area contributed by atoms with E-state index in [1.807, 2.05) is 30.3 Å². The number of benzene rings is 2. The third-order valence-corrected chi connectivity index (χ3v) is 7.39. The molecule has 1 aliphatic rings. The highest BCUT2D eigenvalue weighted by Gasteiger charge is 2.44. The van der Waals surface area contributed by atoms with Crippen molar-refractivity contribution in [1.82, 2.24) is 4.31 Å². The zero-order valence-electron chi connectivity index (χ0n) is 15.5. The van der Waals surface area contributed by atoms with Crippen molar-refractivity contribution in [2.24, 2.45) is 0 Å². The number of sulfonamides is 1. The van der Waals surface area contributed by atoms with E-state index in [9.17, 15) is 17.6 Å². The van der Waals surface area contributed by atoms with Gasteiger partial charge in [0.2, 0.25) is 15.9 Å². The number of piperidine rings is 1. The molecule has 1 N–H and O–H groups in total. The second-order valence-corrected chi connectivity index (χ2v) is 9.52. The Morgan fingerprint density at radius 2 is 1.82 bits per heavy atom. The van der Waals surface area contributed by atoms with Crippen molar-refractivity contribution in [2.45, 2.75) is 25.2 Å². The largest absolute Gasteiger partial charge is 0.323 e. The van der Waals surface area contributed by atoms with Crippen molar-refractivity contribution >= 4 is 33.2 Å². The number of nitrogens with zero attached hydrogens (tertiary/aromatic N) is 1. The van der Waals surface area contributed by atoms with Crippen LogP contribution in [0.5, 0.6) is 0 Å². The first kappa shape index (κ1) is 20.8. The van der Waals surface area contributed by atoms with Gasteiger partial charge in [0, 0.05) is 18.1 Å². The number of rotatable bonds is 5. The number of carbonyl (C=O) groups excluding carboxylic acids is 1. The number of anilines is 1. The molecule has 1 saturated heterocycles. The molecule has 5 nitrogen and oxygen atoms in total. The summed E-state index contributed by atoms with van der Waals surface area (Å²) in [5, 5.41) is 2.98. The van der Waals surface area contributed by atoms with Crippen molar-refractivity contribution < 1.29 is 17.6 Å². The summed E-state index contributed by atoms with van der Waals surface area (Å²) in [6.07, 6.45) is 0.620. The van der Waals surface area contributed by atoms with E-state index in [-0.39, 0.29) is 30.4 Å². The van der Waals surface area contributed by atoms with Crippen LogP contribution in [0.2, 0.25) is 5.02 Å². The van der Waals surface area contributed by atoms with Crippen molar-refractivity contribution in [3.8, 4) is 0 Å². The minimum atomic E-state index is -3.33. The van der Waals surface area contributed by atoms with Gasteiger partial charge in [-0.15, -0.1) is 0 Å². The molecular formula is C20H22ClFN2O3S. The molecule has 0 spiro atoms. The van der Waals surface area contributed by atoms with Gasteiger partial charge in [0.15, 0.2) is 0 Å². The van der Waals surface area contributed by atoms with Crippen molar-refractivity contribution in [1.29, 1.82) is 0 Å². The summed E-state index contributed by atoms with van der Waals surface area (Å²) in [4.78, 5) is 13.3. The number of carbonyl (C=O) groups is 1. The van der Waals surface area contributed by atoms with Gasteiger partial charge in [-0.25, -0.2) is 17.1 Å². The molecule has 0 saturated carbocycles. The SMILES string of the molecule is CCS(=O)(=O)N1CCC(C(=O)Nc2cc(Cl)ccc2F)(c2ccccc2)CC1. The number of amides is 1. The molecule has 8 heteroatoms. The number of nitrogens with one attached hydrogen (secondary N) is 1. The Hall–Kier alpha value is -1.96. The molecule has 0 atom stereocenters. The predicted octanol–water partition coefficient (Wildman–Crippen LogP) is 3.80. The first-order valence-corrected chi connectivity index (χ1v) is 11.1. The van der Waals surface area contributed by atoms with Gasteiger partial charge in [-0.3, -0.25) is 4.79 Å².